The van der Waals surface area contributed by atoms with E-state index in [4.69, 9.17) is 5.73 Å². The van der Waals surface area contributed by atoms with E-state index in [0.717, 1.165) is 10.9 Å². The van der Waals surface area contributed by atoms with E-state index in [9.17, 15) is 0 Å². The van der Waals surface area contributed by atoms with Gasteiger partial charge in [-0.15, -0.1) is 0 Å². The zero-order chi connectivity index (χ0) is 12.5. The number of rotatable bonds is 2. The summed E-state index contributed by atoms with van der Waals surface area (Å²) in [4.78, 5) is 9.71. The Morgan fingerprint density at radius 1 is 1.11 bits per heavy atom. The molecule has 0 atom stereocenters. The number of nitrogen functional groups attached to an aromatic ring is 1. The normalized spacial score (nSPS) is 13.6. The van der Waals surface area contributed by atoms with Gasteiger partial charge < -0.3 is 5.73 Å². The molecule has 1 aliphatic rings. The van der Waals surface area contributed by atoms with Crippen LogP contribution in [0, 0.1) is 6.92 Å². The second-order valence-electron chi connectivity index (χ2n) is 4.56. The summed E-state index contributed by atoms with van der Waals surface area (Å²) in [6.45, 7) is 1.86. The summed E-state index contributed by atoms with van der Waals surface area (Å²) in [5.74, 6) is 1.25. The van der Waals surface area contributed by atoms with Crippen LogP contribution in [-0.4, -0.2) is 9.97 Å². The van der Waals surface area contributed by atoms with Gasteiger partial charge in [-0.25, -0.2) is 9.97 Å². The van der Waals surface area contributed by atoms with Gasteiger partial charge >= 0.3 is 0 Å². The summed E-state index contributed by atoms with van der Waals surface area (Å²) in [5, 5.41) is 0.915. The van der Waals surface area contributed by atoms with E-state index in [1.165, 1.54) is 35.3 Å². The molecule has 3 nitrogen and oxygen atoms in total. The summed E-state index contributed by atoms with van der Waals surface area (Å²) in [6, 6.07) is 8.51. The third-order valence-electron chi connectivity index (χ3n) is 3.13. The van der Waals surface area contributed by atoms with Crippen LogP contribution in [0.3, 0.4) is 0 Å². The second kappa shape index (κ2) is 4.61. The maximum Gasteiger partial charge on any atom is 0.128 e. The Balaban J connectivity index is 1.88. The standard InChI is InChI=1S/C14H15N3S/c1-9-16-13(15)8-14(17-9)18-12-6-5-10-3-2-4-11(10)7-12/h5-8H,2-4H2,1H3,(H2,15,16,17). The Kier molecular flexibility index (Phi) is 2.96. The number of hydrogen-bond acceptors (Lipinski definition) is 4. The van der Waals surface area contributed by atoms with Crippen LogP contribution in [0.4, 0.5) is 5.82 Å². The number of fused-ring (bicyclic) bond motifs is 1. The molecule has 3 rings (SSSR count). The molecule has 0 unspecified atom stereocenters. The average molecular weight is 257 g/mol. The van der Waals surface area contributed by atoms with Gasteiger partial charge in [-0.2, -0.15) is 0 Å². The largest absolute Gasteiger partial charge is 0.384 e. The molecule has 92 valence electrons. The van der Waals surface area contributed by atoms with E-state index in [0.29, 0.717) is 5.82 Å². The van der Waals surface area contributed by atoms with Crippen molar-refractivity contribution in [2.45, 2.75) is 36.1 Å². The van der Waals surface area contributed by atoms with Crippen LogP contribution in [0.25, 0.3) is 0 Å². The average Bonchev–Trinajstić information content (AvgIpc) is 2.74. The van der Waals surface area contributed by atoms with E-state index >= 15 is 0 Å². The number of hydrogen-bond donors (Lipinski definition) is 1. The maximum absolute atomic E-state index is 5.74. The summed E-state index contributed by atoms with van der Waals surface area (Å²) >= 11 is 1.65. The highest BCUT2D eigenvalue weighted by Gasteiger charge is 2.11. The minimum absolute atomic E-state index is 0.533. The first-order valence-electron chi connectivity index (χ1n) is 6.11. The van der Waals surface area contributed by atoms with Crippen LogP contribution in [0.5, 0.6) is 0 Å². The Hall–Kier alpha value is -1.55. The van der Waals surface area contributed by atoms with E-state index in [-0.39, 0.29) is 0 Å². The fourth-order valence-electron chi connectivity index (χ4n) is 2.35. The number of aryl methyl sites for hydroxylation is 3. The van der Waals surface area contributed by atoms with Gasteiger partial charge in [0.15, 0.2) is 0 Å². The number of benzene rings is 1. The highest BCUT2D eigenvalue weighted by molar-refractivity contribution is 7.99. The number of nitrogens with zero attached hydrogens (tertiary/aromatic N) is 2. The first-order valence-corrected chi connectivity index (χ1v) is 6.93. The molecule has 0 aliphatic heterocycles. The Labute approximate surface area is 111 Å². The molecule has 1 aromatic heterocycles. The number of aromatic nitrogens is 2. The van der Waals surface area contributed by atoms with Crippen LogP contribution in [0.2, 0.25) is 0 Å². The quantitative estimate of drug-likeness (QED) is 0.840. The van der Waals surface area contributed by atoms with Crippen molar-refractivity contribution in [3.8, 4) is 0 Å². The van der Waals surface area contributed by atoms with Crippen LogP contribution >= 0.6 is 11.8 Å². The Morgan fingerprint density at radius 3 is 2.78 bits per heavy atom. The van der Waals surface area contributed by atoms with Gasteiger partial charge in [-0.05, 0) is 49.4 Å². The Morgan fingerprint density at radius 2 is 1.94 bits per heavy atom. The second-order valence-corrected chi connectivity index (χ2v) is 5.66. The van der Waals surface area contributed by atoms with E-state index < -0.39 is 0 Å². The highest BCUT2D eigenvalue weighted by Crippen LogP contribution is 2.31. The van der Waals surface area contributed by atoms with E-state index in [1.54, 1.807) is 11.8 Å². The van der Waals surface area contributed by atoms with Crippen molar-refractivity contribution in [2.24, 2.45) is 0 Å². The molecule has 2 aromatic rings. The van der Waals surface area contributed by atoms with Gasteiger partial charge in [-0.3, -0.25) is 0 Å². The predicted octanol–water partition coefficient (Wildman–Crippen LogP) is 3.01. The monoisotopic (exact) mass is 257 g/mol. The minimum Gasteiger partial charge on any atom is -0.384 e. The SMILES string of the molecule is Cc1nc(N)cc(Sc2ccc3c(c2)CCC3)n1. The molecule has 0 spiro atoms. The van der Waals surface area contributed by atoms with Crippen LogP contribution in [-0.2, 0) is 12.8 Å². The van der Waals surface area contributed by atoms with Crippen molar-refractivity contribution in [1.82, 2.24) is 9.97 Å². The lowest BCUT2D eigenvalue weighted by Crippen LogP contribution is -1.96. The lowest BCUT2D eigenvalue weighted by atomic mass is 10.1. The summed E-state index contributed by atoms with van der Waals surface area (Å²) in [6.07, 6.45) is 3.71. The topological polar surface area (TPSA) is 51.8 Å². The summed E-state index contributed by atoms with van der Waals surface area (Å²) in [7, 11) is 0. The van der Waals surface area contributed by atoms with Gasteiger partial charge in [0.25, 0.3) is 0 Å². The molecule has 0 radical (unpaired) electrons. The molecular formula is C14H15N3S. The molecule has 2 N–H and O–H groups in total. The molecule has 0 saturated carbocycles. The first kappa shape index (κ1) is 11.5. The molecule has 0 saturated heterocycles. The van der Waals surface area contributed by atoms with Crippen LogP contribution in [0.1, 0.15) is 23.4 Å². The summed E-state index contributed by atoms with van der Waals surface area (Å²) in [5.41, 5.74) is 8.72. The van der Waals surface area contributed by atoms with Crippen molar-refractivity contribution in [3.05, 3.63) is 41.2 Å². The van der Waals surface area contributed by atoms with E-state index in [2.05, 4.69) is 28.2 Å². The first-order chi connectivity index (χ1) is 8.70. The lowest BCUT2D eigenvalue weighted by Gasteiger charge is -2.05. The van der Waals surface area contributed by atoms with Crippen LogP contribution < -0.4 is 5.73 Å². The highest BCUT2D eigenvalue weighted by atomic mass is 32.2. The Bertz CT molecular complexity index is 575. The van der Waals surface area contributed by atoms with Crippen molar-refractivity contribution < 1.29 is 0 Å². The molecule has 4 heteroatoms. The minimum atomic E-state index is 0.533. The van der Waals surface area contributed by atoms with Gasteiger partial charge in [0.1, 0.15) is 16.7 Å². The fraction of sp³-hybridized carbons (Fsp3) is 0.286. The van der Waals surface area contributed by atoms with Gasteiger partial charge in [-0.1, -0.05) is 17.8 Å². The molecule has 1 heterocycles. The number of nitrogens with two attached hydrogens (primary N) is 1. The summed E-state index contributed by atoms with van der Waals surface area (Å²) < 4.78 is 0. The van der Waals surface area contributed by atoms with Gasteiger partial charge in [0, 0.05) is 11.0 Å². The number of anilines is 1. The third-order valence-corrected chi connectivity index (χ3v) is 4.03. The molecule has 0 bridgehead atoms. The molecule has 0 fully saturated rings. The van der Waals surface area contributed by atoms with Crippen molar-refractivity contribution in [3.63, 3.8) is 0 Å². The molecule has 1 aromatic carbocycles. The molecular weight excluding hydrogens is 242 g/mol. The molecule has 1 aliphatic carbocycles. The van der Waals surface area contributed by atoms with Crippen LogP contribution in [0.15, 0.2) is 34.2 Å². The smallest absolute Gasteiger partial charge is 0.128 e. The predicted molar refractivity (Wildman–Crippen MR) is 73.8 cm³/mol. The van der Waals surface area contributed by atoms with Crippen molar-refractivity contribution in [2.75, 3.05) is 5.73 Å². The molecule has 0 amide bonds. The zero-order valence-corrected chi connectivity index (χ0v) is 11.1. The van der Waals surface area contributed by atoms with E-state index in [1.807, 2.05) is 13.0 Å². The lowest BCUT2D eigenvalue weighted by molar-refractivity contribution is 0.911. The fourth-order valence-corrected chi connectivity index (χ4v) is 3.28. The third kappa shape index (κ3) is 2.34. The van der Waals surface area contributed by atoms with Crippen molar-refractivity contribution in [1.29, 1.82) is 0 Å². The van der Waals surface area contributed by atoms with Crippen molar-refractivity contribution >= 4 is 17.6 Å². The van der Waals surface area contributed by atoms with Gasteiger partial charge in [0.2, 0.25) is 0 Å². The molecule has 18 heavy (non-hydrogen) atoms. The van der Waals surface area contributed by atoms with Gasteiger partial charge in [0.05, 0.1) is 0 Å². The maximum atomic E-state index is 5.74. The zero-order valence-electron chi connectivity index (χ0n) is 10.3.